The monoisotopic (exact) mass is 293 g/mol. The van der Waals surface area contributed by atoms with Gasteiger partial charge >= 0.3 is 7.75 Å². The third-order valence-electron chi connectivity index (χ3n) is 4.15. The van der Waals surface area contributed by atoms with E-state index in [0.29, 0.717) is 19.8 Å². The molecule has 1 fully saturated rings. The van der Waals surface area contributed by atoms with E-state index >= 15 is 0 Å². The van der Waals surface area contributed by atoms with Gasteiger partial charge in [-0.3, -0.25) is 9.05 Å². The van der Waals surface area contributed by atoms with Gasteiger partial charge in [0, 0.05) is 5.41 Å². The molecule has 0 atom stereocenters. The molecule has 1 aliphatic heterocycles. The number of likely N-dealkylation sites (N-methyl/N-ethyl adjacent to an activating group) is 1. The second-order valence-corrected chi connectivity index (χ2v) is 7.96. The van der Waals surface area contributed by atoms with E-state index < -0.39 is 7.75 Å². The summed E-state index contributed by atoms with van der Waals surface area (Å²) in [6, 6.07) is 0. The van der Waals surface area contributed by atoms with Crippen LogP contribution in [0.2, 0.25) is 0 Å². The fourth-order valence-corrected chi connectivity index (χ4v) is 3.93. The molecule has 0 amide bonds. The van der Waals surface area contributed by atoms with Crippen molar-refractivity contribution in [3.05, 3.63) is 0 Å². The van der Waals surface area contributed by atoms with Crippen molar-refractivity contribution in [2.45, 2.75) is 34.6 Å². The van der Waals surface area contributed by atoms with Gasteiger partial charge < -0.3 is 4.48 Å². The van der Waals surface area contributed by atoms with Crippen molar-refractivity contribution < 1.29 is 18.1 Å². The molecule has 0 saturated carbocycles. The third kappa shape index (κ3) is 4.83. The molecule has 0 aliphatic carbocycles. The van der Waals surface area contributed by atoms with Gasteiger partial charge in [0.1, 0.15) is 0 Å². The molecule has 0 unspecified atom stereocenters. The van der Waals surface area contributed by atoms with Gasteiger partial charge in [-0.15, -0.1) is 0 Å². The molecule has 114 valence electrons. The van der Waals surface area contributed by atoms with Gasteiger partial charge in [0.05, 0.1) is 45.9 Å². The van der Waals surface area contributed by atoms with Gasteiger partial charge in [0.15, 0.2) is 0 Å². The van der Waals surface area contributed by atoms with Gasteiger partial charge in [0.25, 0.3) is 0 Å². The van der Waals surface area contributed by atoms with E-state index in [1.54, 1.807) is 0 Å². The molecule has 0 bridgehead atoms. The Morgan fingerprint density at radius 3 is 2.00 bits per heavy atom. The highest BCUT2D eigenvalue weighted by molar-refractivity contribution is 7.51. The van der Waals surface area contributed by atoms with Crippen LogP contribution in [-0.4, -0.2) is 50.4 Å². The zero-order chi connectivity index (χ0) is 14.6. The van der Waals surface area contributed by atoms with Crippen LogP contribution >= 0.6 is 7.75 Å². The molecule has 1 heterocycles. The first-order valence-corrected chi connectivity index (χ1v) is 8.84. The molecular formula is C13H30N2O3P+. The second kappa shape index (κ2) is 6.68. The summed E-state index contributed by atoms with van der Waals surface area (Å²) in [5, 5.41) is 2.99. The largest absolute Gasteiger partial charge is 0.405 e. The van der Waals surface area contributed by atoms with E-state index in [2.05, 4.69) is 25.9 Å². The van der Waals surface area contributed by atoms with E-state index in [4.69, 9.17) is 9.05 Å². The molecule has 0 spiro atoms. The molecule has 0 aromatic rings. The Labute approximate surface area is 117 Å². The SMILES string of the molecule is CC[N+](CC)(CC)CCNP1(=O)OCC(C)(C)CO1. The van der Waals surface area contributed by atoms with Crippen molar-refractivity contribution in [3.8, 4) is 0 Å². The molecule has 5 nitrogen and oxygen atoms in total. The minimum atomic E-state index is -3.07. The highest BCUT2D eigenvalue weighted by Gasteiger charge is 2.36. The molecule has 1 rings (SSSR count). The lowest BCUT2D eigenvalue weighted by molar-refractivity contribution is -0.922. The number of rotatable bonds is 7. The van der Waals surface area contributed by atoms with Crippen molar-refractivity contribution in [2.24, 2.45) is 5.41 Å². The number of quaternary nitrogens is 1. The fourth-order valence-electron chi connectivity index (χ4n) is 2.26. The molecule has 1 N–H and O–H groups in total. The van der Waals surface area contributed by atoms with Crippen molar-refractivity contribution in [3.63, 3.8) is 0 Å². The van der Waals surface area contributed by atoms with Gasteiger partial charge in [-0.25, -0.2) is 9.65 Å². The summed E-state index contributed by atoms with van der Waals surface area (Å²) >= 11 is 0. The Hall–Kier alpha value is 0.0700. The molecule has 0 radical (unpaired) electrons. The maximum absolute atomic E-state index is 12.3. The average Bonchev–Trinajstić information content (AvgIpc) is 2.40. The first-order chi connectivity index (χ1) is 8.80. The van der Waals surface area contributed by atoms with E-state index in [0.717, 1.165) is 30.7 Å². The summed E-state index contributed by atoms with van der Waals surface area (Å²) in [5.41, 5.74) is -0.0499. The first kappa shape index (κ1) is 17.1. The summed E-state index contributed by atoms with van der Waals surface area (Å²) in [6.45, 7) is 16.5. The van der Waals surface area contributed by atoms with Crippen molar-refractivity contribution >= 4 is 7.75 Å². The predicted molar refractivity (Wildman–Crippen MR) is 78.0 cm³/mol. The number of hydrogen-bond acceptors (Lipinski definition) is 3. The number of nitrogens with zero attached hydrogens (tertiary/aromatic N) is 1. The highest BCUT2D eigenvalue weighted by atomic mass is 31.2. The Morgan fingerprint density at radius 2 is 1.58 bits per heavy atom. The molecular weight excluding hydrogens is 263 g/mol. The number of hydrogen-bond donors (Lipinski definition) is 1. The van der Waals surface area contributed by atoms with Crippen LogP contribution in [0.15, 0.2) is 0 Å². The van der Waals surface area contributed by atoms with Gasteiger partial charge in [0.2, 0.25) is 0 Å². The Morgan fingerprint density at radius 1 is 1.11 bits per heavy atom. The standard InChI is InChI=1S/C13H30N2O3P/c1-6-15(7-2,8-3)10-9-14-19(16)17-11-13(4,5)12-18-19/h6-12H2,1-5H3,(H,14,16)/q+1. The van der Waals surface area contributed by atoms with E-state index in [-0.39, 0.29) is 5.41 Å². The Bertz CT molecular complexity index is 308. The minimum absolute atomic E-state index is 0.0499. The molecule has 0 aromatic heterocycles. The summed E-state index contributed by atoms with van der Waals surface area (Å²) in [6.07, 6.45) is 0. The van der Waals surface area contributed by atoms with E-state index in [9.17, 15) is 4.57 Å². The van der Waals surface area contributed by atoms with Crippen LogP contribution in [0.4, 0.5) is 0 Å². The molecule has 0 aromatic carbocycles. The van der Waals surface area contributed by atoms with Gasteiger partial charge in [-0.2, -0.15) is 0 Å². The van der Waals surface area contributed by atoms with Crippen LogP contribution in [0.3, 0.4) is 0 Å². The van der Waals surface area contributed by atoms with Crippen LogP contribution in [0.25, 0.3) is 0 Å². The average molecular weight is 293 g/mol. The van der Waals surface area contributed by atoms with Crippen LogP contribution in [0.5, 0.6) is 0 Å². The quantitative estimate of drug-likeness (QED) is 0.579. The normalized spacial score (nSPS) is 22.4. The summed E-state index contributed by atoms with van der Waals surface area (Å²) in [4.78, 5) is 0. The van der Waals surface area contributed by atoms with Crippen molar-refractivity contribution in [2.75, 3.05) is 45.9 Å². The van der Waals surface area contributed by atoms with Crippen LogP contribution in [0, 0.1) is 5.41 Å². The molecule has 1 saturated heterocycles. The van der Waals surface area contributed by atoms with Crippen molar-refractivity contribution in [1.29, 1.82) is 0 Å². The number of nitrogens with one attached hydrogen (secondary N) is 1. The van der Waals surface area contributed by atoms with Crippen LogP contribution in [-0.2, 0) is 13.6 Å². The second-order valence-electron chi connectivity index (χ2n) is 6.13. The molecule has 1 aliphatic rings. The maximum atomic E-state index is 12.3. The summed E-state index contributed by atoms with van der Waals surface area (Å²) in [5.74, 6) is 0. The van der Waals surface area contributed by atoms with Crippen LogP contribution in [0.1, 0.15) is 34.6 Å². The summed E-state index contributed by atoms with van der Waals surface area (Å²) in [7, 11) is -3.07. The predicted octanol–water partition coefficient (Wildman–Crippen LogP) is 2.63. The maximum Gasteiger partial charge on any atom is 0.405 e. The molecule has 6 heteroatoms. The molecule has 19 heavy (non-hydrogen) atoms. The third-order valence-corrected chi connectivity index (χ3v) is 5.70. The Balaban J connectivity index is 2.43. The van der Waals surface area contributed by atoms with Crippen molar-refractivity contribution in [1.82, 2.24) is 5.09 Å². The minimum Gasteiger partial charge on any atom is -0.323 e. The van der Waals surface area contributed by atoms with E-state index in [1.807, 2.05) is 13.8 Å². The smallest absolute Gasteiger partial charge is 0.323 e. The van der Waals surface area contributed by atoms with Gasteiger partial charge in [-0.1, -0.05) is 13.8 Å². The van der Waals surface area contributed by atoms with E-state index in [1.165, 1.54) is 0 Å². The van der Waals surface area contributed by atoms with Gasteiger partial charge in [-0.05, 0) is 20.8 Å². The lowest BCUT2D eigenvalue weighted by Gasteiger charge is -2.37. The lowest BCUT2D eigenvalue weighted by Crippen LogP contribution is -2.51. The highest BCUT2D eigenvalue weighted by Crippen LogP contribution is 2.49. The summed E-state index contributed by atoms with van der Waals surface area (Å²) < 4.78 is 24.2. The van der Waals surface area contributed by atoms with Crippen LogP contribution < -0.4 is 5.09 Å². The zero-order valence-corrected chi connectivity index (χ0v) is 14.0. The first-order valence-electron chi connectivity index (χ1n) is 7.30. The zero-order valence-electron chi connectivity index (χ0n) is 13.1. The topological polar surface area (TPSA) is 47.6 Å². The lowest BCUT2D eigenvalue weighted by atomic mass is 9.97. The fraction of sp³-hybridized carbons (Fsp3) is 1.00. The Kier molecular flexibility index (Phi) is 6.02.